The SMILES string of the molecule is NCc1ccc(OCCN2CCCC2=O)cc1. The van der Waals surface area contributed by atoms with Crippen molar-refractivity contribution >= 4 is 5.91 Å². The third kappa shape index (κ3) is 3.20. The van der Waals surface area contributed by atoms with E-state index >= 15 is 0 Å². The van der Waals surface area contributed by atoms with Crippen LogP contribution in [0.2, 0.25) is 0 Å². The summed E-state index contributed by atoms with van der Waals surface area (Å²) in [6.07, 6.45) is 1.66. The minimum absolute atomic E-state index is 0.243. The number of nitrogens with two attached hydrogens (primary N) is 1. The van der Waals surface area contributed by atoms with E-state index in [9.17, 15) is 4.79 Å². The van der Waals surface area contributed by atoms with Gasteiger partial charge < -0.3 is 15.4 Å². The molecule has 0 atom stereocenters. The van der Waals surface area contributed by atoms with Gasteiger partial charge in [-0.1, -0.05) is 12.1 Å². The molecule has 0 spiro atoms. The van der Waals surface area contributed by atoms with Crippen LogP contribution in [-0.2, 0) is 11.3 Å². The van der Waals surface area contributed by atoms with E-state index in [0.29, 0.717) is 26.1 Å². The highest BCUT2D eigenvalue weighted by Crippen LogP contribution is 2.13. The molecular formula is C13H18N2O2. The van der Waals surface area contributed by atoms with Crippen LogP contribution in [0.5, 0.6) is 5.75 Å². The van der Waals surface area contributed by atoms with E-state index in [1.54, 1.807) is 0 Å². The Kier molecular flexibility index (Phi) is 3.98. The van der Waals surface area contributed by atoms with E-state index in [1.807, 2.05) is 29.2 Å². The zero-order valence-corrected chi connectivity index (χ0v) is 9.89. The summed E-state index contributed by atoms with van der Waals surface area (Å²) >= 11 is 0. The van der Waals surface area contributed by atoms with E-state index in [-0.39, 0.29) is 5.91 Å². The monoisotopic (exact) mass is 234 g/mol. The second-order valence-electron chi connectivity index (χ2n) is 4.18. The molecule has 2 rings (SSSR count). The summed E-state index contributed by atoms with van der Waals surface area (Å²) in [6.45, 7) is 2.64. The molecule has 1 heterocycles. The van der Waals surface area contributed by atoms with Gasteiger partial charge in [-0.2, -0.15) is 0 Å². The largest absolute Gasteiger partial charge is 0.492 e. The smallest absolute Gasteiger partial charge is 0.222 e. The normalized spacial score (nSPS) is 15.4. The molecular weight excluding hydrogens is 216 g/mol. The first-order valence-electron chi connectivity index (χ1n) is 5.99. The van der Waals surface area contributed by atoms with Crippen molar-refractivity contribution in [2.75, 3.05) is 19.7 Å². The number of carbonyl (C=O) groups excluding carboxylic acids is 1. The number of hydrogen-bond donors (Lipinski definition) is 1. The third-order valence-electron chi connectivity index (χ3n) is 2.96. The van der Waals surface area contributed by atoms with Crippen molar-refractivity contribution in [3.8, 4) is 5.75 Å². The summed E-state index contributed by atoms with van der Waals surface area (Å²) in [5.41, 5.74) is 6.60. The quantitative estimate of drug-likeness (QED) is 0.831. The zero-order valence-electron chi connectivity index (χ0n) is 9.89. The van der Waals surface area contributed by atoms with E-state index in [0.717, 1.165) is 24.3 Å². The Morgan fingerprint density at radius 3 is 2.65 bits per heavy atom. The molecule has 0 saturated carbocycles. The number of hydrogen-bond acceptors (Lipinski definition) is 3. The van der Waals surface area contributed by atoms with Gasteiger partial charge in [0.1, 0.15) is 12.4 Å². The van der Waals surface area contributed by atoms with Gasteiger partial charge in [0.15, 0.2) is 0 Å². The Morgan fingerprint density at radius 2 is 2.06 bits per heavy atom. The molecule has 2 N–H and O–H groups in total. The first kappa shape index (κ1) is 11.9. The third-order valence-corrected chi connectivity index (χ3v) is 2.96. The van der Waals surface area contributed by atoms with Gasteiger partial charge >= 0.3 is 0 Å². The summed E-state index contributed by atoms with van der Waals surface area (Å²) in [5, 5.41) is 0. The van der Waals surface area contributed by atoms with E-state index in [2.05, 4.69) is 0 Å². The molecule has 92 valence electrons. The van der Waals surface area contributed by atoms with E-state index < -0.39 is 0 Å². The molecule has 0 aliphatic carbocycles. The van der Waals surface area contributed by atoms with Crippen molar-refractivity contribution in [2.24, 2.45) is 5.73 Å². The topological polar surface area (TPSA) is 55.6 Å². The molecule has 0 bridgehead atoms. The predicted octanol–water partition coefficient (Wildman–Crippen LogP) is 1.15. The number of nitrogens with zero attached hydrogens (tertiary/aromatic N) is 1. The lowest BCUT2D eigenvalue weighted by molar-refractivity contribution is -0.128. The van der Waals surface area contributed by atoms with Crippen LogP contribution in [0.15, 0.2) is 24.3 Å². The molecule has 1 saturated heterocycles. The summed E-state index contributed by atoms with van der Waals surface area (Å²) in [6, 6.07) is 7.73. The molecule has 1 aromatic carbocycles. The molecule has 1 aliphatic rings. The maximum atomic E-state index is 11.4. The fourth-order valence-electron chi connectivity index (χ4n) is 1.94. The first-order chi connectivity index (χ1) is 8.29. The number of carbonyl (C=O) groups is 1. The lowest BCUT2D eigenvalue weighted by Crippen LogP contribution is -2.29. The molecule has 0 unspecified atom stereocenters. The Bertz CT molecular complexity index is 376. The Labute approximate surface area is 101 Å². The predicted molar refractivity (Wildman–Crippen MR) is 65.6 cm³/mol. The minimum Gasteiger partial charge on any atom is -0.492 e. The number of benzene rings is 1. The van der Waals surface area contributed by atoms with Crippen LogP contribution in [0.4, 0.5) is 0 Å². The molecule has 1 fully saturated rings. The number of ether oxygens (including phenoxy) is 1. The Balaban J connectivity index is 1.75. The molecule has 4 heteroatoms. The fourth-order valence-corrected chi connectivity index (χ4v) is 1.94. The number of rotatable bonds is 5. The standard InChI is InChI=1S/C13H18N2O2/c14-10-11-3-5-12(6-4-11)17-9-8-15-7-1-2-13(15)16/h3-6H,1-2,7-10,14H2. The van der Waals surface area contributed by atoms with Gasteiger partial charge in [0.05, 0.1) is 6.54 Å². The number of likely N-dealkylation sites (tertiary alicyclic amines) is 1. The maximum Gasteiger partial charge on any atom is 0.222 e. The van der Waals surface area contributed by atoms with Gasteiger partial charge in [-0.25, -0.2) is 0 Å². The molecule has 1 aromatic rings. The van der Waals surface area contributed by atoms with Gasteiger partial charge in [0, 0.05) is 19.5 Å². The van der Waals surface area contributed by atoms with Gasteiger partial charge in [0.2, 0.25) is 5.91 Å². The molecule has 0 radical (unpaired) electrons. The second kappa shape index (κ2) is 5.68. The average molecular weight is 234 g/mol. The van der Waals surface area contributed by atoms with Gasteiger partial charge in [-0.05, 0) is 24.1 Å². The van der Waals surface area contributed by atoms with Crippen LogP contribution >= 0.6 is 0 Å². The Hall–Kier alpha value is -1.55. The number of amides is 1. The highest BCUT2D eigenvalue weighted by molar-refractivity contribution is 5.78. The van der Waals surface area contributed by atoms with Crippen LogP contribution in [0.25, 0.3) is 0 Å². The van der Waals surface area contributed by atoms with Crippen LogP contribution < -0.4 is 10.5 Å². The minimum atomic E-state index is 0.243. The molecule has 1 aliphatic heterocycles. The molecule has 0 aromatic heterocycles. The van der Waals surface area contributed by atoms with Gasteiger partial charge in [-0.3, -0.25) is 4.79 Å². The first-order valence-corrected chi connectivity index (χ1v) is 5.99. The van der Waals surface area contributed by atoms with Crippen molar-refractivity contribution in [2.45, 2.75) is 19.4 Å². The summed E-state index contributed by atoms with van der Waals surface area (Å²) in [4.78, 5) is 13.2. The summed E-state index contributed by atoms with van der Waals surface area (Å²) < 4.78 is 5.58. The lowest BCUT2D eigenvalue weighted by atomic mass is 10.2. The van der Waals surface area contributed by atoms with Crippen LogP contribution in [-0.4, -0.2) is 30.5 Å². The zero-order chi connectivity index (χ0) is 12.1. The van der Waals surface area contributed by atoms with Crippen molar-refractivity contribution in [1.82, 2.24) is 4.90 Å². The molecule has 1 amide bonds. The summed E-state index contributed by atoms with van der Waals surface area (Å²) in [7, 11) is 0. The van der Waals surface area contributed by atoms with Crippen LogP contribution in [0, 0.1) is 0 Å². The van der Waals surface area contributed by atoms with Crippen molar-refractivity contribution < 1.29 is 9.53 Å². The Morgan fingerprint density at radius 1 is 1.29 bits per heavy atom. The molecule has 4 nitrogen and oxygen atoms in total. The average Bonchev–Trinajstić information content (AvgIpc) is 2.76. The van der Waals surface area contributed by atoms with Crippen molar-refractivity contribution in [3.63, 3.8) is 0 Å². The summed E-state index contributed by atoms with van der Waals surface area (Å²) in [5.74, 6) is 1.07. The maximum absolute atomic E-state index is 11.4. The molecule has 17 heavy (non-hydrogen) atoms. The second-order valence-corrected chi connectivity index (χ2v) is 4.18. The lowest BCUT2D eigenvalue weighted by Gasteiger charge is -2.15. The van der Waals surface area contributed by atoms with Crippen molar-refractivity contribution in [1.29, 1.82) is 0 Å². The van der Waals surface area contributed by atoms with Crippen LogP contribution in [0.3, 0.4) is 0 Å². The fraction of sp³-hybridized carbons (Fsp3) is 0.462. The van der Waals surface area contributed by atoms with Crippen molar-refractivity contribution in [3.05, 3.63) is 29.8 Å². The highest BCUT2D eigenvalue weighted by atomic mass is 16.5. The van der Waals surface area contributed by atoms with Gasteiger partial charge in [-0.15, -0.1) is 0 Å². The van der Waals surface area contributed by atoms with Crippen LogP contribution in [0.1, 0.15) is 18.4 Å². The van der Waals surface area contributed by atoms with Gasteiger partial charge in [0.25, 0.3) is 0 Å². The van der Waals surface area contributed by atoms with E-state index in [1.165, 1.54) is 0 Å². The van der Waals surface area contributed by atoms with E-state index in [4.69, 9.17) is 10.5 Å². The highest BCUT2D eigenvalue weighted by Gasteiger charge is 2.19.